The number of halogens is 5. The fourth-order valence-electron chi connectivity index (χ4n) is 2.98. The molecule has 30 heavy (non-hydrogen) atoms. The van der Waals surface area contributed by atoms with Crippen LogP contribution in [-0.4, -0.2) is 20.2 Å². The number of aromatic nitrogens is 4. The van der Waals surface area contributed by atoms with Crippen LogP contribution in [0.4, 0.5) is 23.5 Å². The molecule has 1 fully saturated rings. The van der Waals surface area contributed by atoms with Crippen LogP contribution in [0.25, 0.3) is 11.5 Å². The molecule has 1 aromatic carbocycles. The van der Waals surface area contributed by atoms with Crippen LogP contribution in [0, 0.1) is 5.82 Å². The van der Waals surface area contributed by atoms with Crippen molar-refractivity contribution in [3.05, 3.63) is 52.9 Å². The van der Waals surface area contributed by atoms with Crippen molar-refractivity contribution in [1.29, 1.82) is 0 Å². The molecular formula is C19H18ClF4N5O. The summed E-state index contributed by atoms with van der Waals surface area (Å²) in [5.41, 5.74) is 0.484. The van der Waals surface area contributed by atoms with Gasteiger partial charge >= 0.3 is 12.1 Å². The van der Waals surface area contributed by atoms with Gasteiger partial charge in [-0.25, -0.2) is 14.4 Å². The van der Waals surface area contributed by atoms with E-state index in [0.717, 1.165) is 24.8 Å². The van der Waals surface area contributed by atoms with Crippen molar-refractivity contribution in [2.24, 2.45) is 0 Å². The Morgan fingerprint density at radius 1 is 1.10 bits per heavy atom. The molecule has 0 saturated heterocycles. The molecule has 0 bridgehead atoms. The topological polar surface area (TPSA) is 76.7 Å². The second kappa shape index (κ2) is 8.55. The van der Waals surface area contributed by atoms with Crippen molar-refractivity contribution in [2.45, 2.75) is 44.8 Å². The van der Waals surface area contributed by atoms with Gasteiger partial charge in [0.05, 0.1) is 16.1 Å². The lowest BCUT2D eigenvalue weighted by Crippen LogP contribution is -2.42. The highest BCUT2D eigenvalue weighted by Crippen LogP contribution is 2.44. The molecule has 0 atom stereocenters. The third kappa shape index (κ3) is 4.38. The van der Waals surface area contributed by atoms with Gasteiger partial charge in [0.25, 0.3) is 5.89 Å². The maximum atomic E-state index is 13.4. The molecule has 1 aliphatic rings. The van der Waals surface area contributed by atoms with Gasteiger partial charge in [0.15, 0.2) is 0 Å². The van der Waals surface area contributed by atoms with Crippen molar-refractivity contribution >= 4 is 17.5 Å². The summed E-state index contributed by atoms with van der Waals surface area (Å²) in [5.74, 6) is -2.01. The number of nitrogens with zero attached hydrogens (tertiary/aromatic N) is 4. The van der Waals surface area contributed by atoms with Gasteiger partial charge < -0.3 is 9.73 Å². The Hall–Kier alpha value is -2.75. The molecule has 0 unspecified atom stereocenters. The Kier molecular flexibility index (Phi) is 6.25. The molecule has 4 rings (SSSR count). The van der Waals surface area contributed by atoms with Crippen LogP contribution in [0.2, 0.25) is 5.02 Å². The Morgan fingerprint density at radius 3 is 2.27 bits per heavy atom. The summed E-state index contributed by atoms with van der Waals surface area (Å²) in [7, 11) is 0. The number of alkyl halides is 3. The van der Waals surface area contributed by atoms with E-state index in [1.807, 2.05) is 13.8 Å². The second-order valence-corrected chi connectivity index (χ2v) is 6.80. The van der Waals surface area contributed by atoms with Crippen LogP contribution in [-0.2, 0) is 11.7 Å². The van der Waals surface area contributed by atoms with E-state index in [1.54, 1.807) is 12.1 Å². The lowest BCUT2D eigenvalue weighted by Gasteiger charge is -2.43. The standard InChI is InChI=1S/C17H12ClF4N5O.C2H6/c18-11-6-10(2-3-12(11)19)16(4-1-5-16)25-15-23-7-9(8-24-15)13-26-27-14(28-13)17(20,21)22;1-2/h2-3,6-8H,1,4-5H2,(H,23,24,25);1-2H3. The van der Waals surface area contributed by atoms with Crippen molar-refractivity contribution < 1.29 is 22.0 Å². The SMILES string of the molecule is CC.Fc1ccc(C2(Nc3ncc(-c4nnc(C(F)(F)F)o4)cn3)CCC2)cc1Cl. The molecule has 1 N–H and O–H groups in total. The molecule has 2 heterocycles. The molecular weight excluding hydrogens is 426 g/mol. The van der Waals surface area contributed by atoms with Crippen LogP contribution >= 0.6 is 11.6 Å². The van der Waals surface area contributed by atoms with E-state index in [0.29, 0.717) is 0 Å². The highest BCUT2D eigenvalue weighted by Gasteiger charge is 2.40. The molecule has 3 aromatic rings. The average Bonchev–Trinajstić information content (AvgIpc) is 3.20. The van der Waals surface area contributed by atoms with Crippen LogP contribution in [0.5, 0.6) is 0 Å². The van der Waals surface area contributed by atoms with Crippen LogP contribution < -0.4 is 5.32 Å². The monoisotopic (exact) mass is 443 g/mol. The largest absolute Gasteiger partial charge is 0.470 e. The highest BCUT2D eigenvalue weighted by molar-refractivity contribution is 6.30. The van der Waals surface area contributed by atoms with Gasteiger partial charge in [-0.1, -0.05) is 31.5 Å². The third-order valence-electron chi connectivity index (χ3n) is 4.60. The van der Waals surface area contributed by atoms with Gasteiger partial charge in [-0.2, -0.15) is 13.2 Å². The van der Waals surface area contributed by atoms with E-state index in [9.17, 15) is 17.6 Å². The number of anilines is 1. The maximum Gasteiger partial charge on any atom is 0.470 e. The lowest BCUT2D eigenvalue weighted by atomic mass is 9.72. The van der Waals surface area contributed by atoms with E-state index in [2.05, 4.69) is 29.9 Å². The molecule has 160 valence electrons. The van der Waals surface area contributed by atoms with Crippen molar-refractivity contribution in [2.75, 3.05) is 5.32 Å². The van der Waals surface area contributed by atoms with Crippen LogP contribution in [0.15, 0.2) is 35.0 Å². The Morgan fingerprint density at radius 2 is 1.77 bits per heavy atom. The normalized spacial score (nSPS) is 15.0. The predicted molar refractivity (Wildman–Crippen MR) is 102 cm³/mol. The van der Waals surface area contributed by atoms with Gasteiger partial charge in [-0.15, -0.1) is 10.2 Å². The zero-order valence-corrected chi connectivity index (χ0v) is 16.9. The number of benzene rings is 1. The molecule has 2 aromatic heterocycles. The van der Waals surface area contributed by atoms with E-state index < -0.39 is 23.4 Å². The van der Waals surface area contributed by atoms with Crippen molar-refractivity contribution in [1.82, 2.24) is 20.2 Å². The van der Waals surface area contributed by atoms with Crippen LogP contribution in [0.3, 0.4) is 0 Å². The molecule has 1 saturated carbocycles. The minimum atomic E-state index is -4.72. The maximum absolute atomic E-state index is 13.4. The summed E-state index contributed by atoms with van der Waals surface area (Å²) in [6, 6.07) is 4.52. The number of nitrogens with one attached hydrogen (secondary N) is 1. The zero-order valence-electron chi connectivity index (χ0n) is 16.1. The molecule has 0 spiro atoms. The Bertz CT molecular complexity index is 1000. The minimum absolute atomic E-state index is 0.0266. The average molecular weight is 444 g/mol. The zero-order chi connectivity index (χ0) is 21.9. The quantitative estimate of drug-likeness (QED) is 0.509. The van der Waals surface area contributed by atoms with Crippen molar-refractivity contribution in [3.8, 4) is 11.5 Å². The lowest BCUT2D eigenvalue weighted by molar-refractivity contribution is -0.156. The summed E-state index contributed by atoms with van der Waals surface area (Å²) in [5, 5.41) is 9.57. The smallest absolute Gasteiger partial charge is 0.413 e. The van der Waals surface area contributed by atoms with E-state index >= 15 is 0 Å². The molecule has 1 aliphatic carbocycles. The first kappa shape index (κ1) is 21.9. The first-order valence-electron chi connectivity index (χ1n) is 9.24. The second-order valence-electron chi connectivity index (χ2n) is 6.40. The highest BCUT2D eigenvalue weighted by atomic mass is 35.5. The molecule has 0 radical (unpaired) electrons. The summed E-state index contributed by atoms with van der Waals surface area (Å²) < 4.78 is 55.7. The number of hydrogen-bond donors (Lipinski definition) is 1. The summed E-state index contributed by atoms with van der Waals surface area (Å²) in [6.07, 6.45) is 0.361. The van der Waals surface area contributed by atoms with E-state index in [-0.39, 0.29) is 22.4 Å². The van der Waals surface area contributed by atoms with Gasteiger partial charge in [0.2, 0.25) is 5.95 Å². The third-order valence-corrected chi connectivity index (χ3v) is 4.89. The molecule has 0 amide bonds. The fourth-order valence-corrected chi connectivity index (χ4v) is 3.16. The van der Waals surface area contributed by atoms with Gasteiger partial charge in [-0.3, -0.25) is 0 Å². The first-order valence-corrected chi connectivity index (χ1v) is 9.61. The first-order chi connectivity index (χ1) is 14.3. The summed E-state index contributed by atoms with van der Waals surface area (Å²) >= 11 is 5.89. The van der Waals surface area contributed by atoms with Gasteiger partial charge in [0, 0.05) is 12.4 Å². The Labute approximate surface area is 174 Å². The van der Waals surface area contributed by atoms with E-state index in [1.165, 1.54) is 18.5 Å². The van der Waals surface area contributed by atoms with E-state index in [4.69, 9.17) is 11.6 Å². The fraction of sp³-hybridized carbons (Fsp3) is 0.368. The van der Waals surface area contributed by atoms with Crippen LogP contribution in [0.1, 0.15) is 44.6 Å². The minimum Gasteiger partial charge on any atom is -0.413 e. The number of rotatable bonds is 4. The summed E-state index contributed by atoms with van der Waals surface area (Å²) in [6.45, 7) is 4.00. The summed E-state index contributed by atoms with van der Waals surface area (Å²) in [4.78, 5) is 8.24. The Balaban J connectivity index is 0.00000124. The molecule has 6 nitrogen and oxygen atoms in total. The van der Waals surface area contributed by atoms with Gasteiger partial charge in [0.1, 0.15) is 5.82 Å². The van der Waals surface area contributed by atoms with Gasteiger partial charge in [-0.05, 0) is 37.0 Å². The number of hydrogen-bond acceptors (Lipinski definition) is 6. The molecule has 11 heteroatoms. The predicted octanol–water partition coefficient (Wildman–Crippen LogP) is 5.86. The molecule has 0 aliphatic heterocycles. The van der Waals surface area contributed by atoms with Crippen molar-refractivity contribution in [3.63, 3.8) is 0 Å².